The molecule has 0 aliphatic rings. The van der Waals surface area contributed by atoms with E-state index < -0.39 is 0 Å². The molecule has 0 heterocycles. The highest BCUT2D eigenvalue weighted by Crippen LogP contribution is 2.28. The van der Waals surface area contributed by atoms with Crippen LogP contribution in [0.5, 0.6) is 11.5 Å². The zero-order valence-electron chi connectivity index (χ0n) is 13.9. The average Bonchev–Trinajstić information content (AvgIpc) is 2.56. The maximum absolute atomic E-state index is 12.0. The molecule has 0 fully saturated rings. The average molecular weight is 348 g/mol. The van der Waals surface area contributed by atoms with E-state index in [1.165, 1.54) is 0 Å². The van der Waals surface area contributed by atoms with E-state index in [2.05, 4.69) is 5.32 Å². The van der Waals surface area contributed by atoms with Crippen molar-refractivity contribution in [1.29, 1.82) is 0 Å². The van der Waals surface area contributed by atoms with Crippen LogP contribution in [0.15, 0.2) is 36.4 Å². The Morgan fingerprint density at radius 2 is 1.96 bits per heavy atom. The first-order valence-electron chi connectivity index (χ1n) is 8.00. The molecule has 5 heteroatoms. The molecule has 0 aromatic heterocycles. The van der Waals surface area contributed by atoms with Gasteiger partial charge < -0.3 is 15.2 Å². The van der Waals surface area contributed by atoms with Gasteiger partial charge in [-0.05, 0) is 67.3 Å². The lowest BCUT2D eigenvalue weighted by Gasteiger charge is -2.14. The summed E-state index contributed by atoms with van der Waals surface area (Å²) in [6, 6.07) is 10.2. The fourth-order valence-electron chi connectivity index (χ4n) is 2.45. The van der Waals surface area contributed by atoms with Crippen molar-refractivity contribution in [2.75, 3.05) is 13.2 Å². The van der Waals surface area contributed by atoms with Crippen LogP contribution in [0.4, 0.5) is 0 Å². The van der Waals surface area contributed by atoms with Crippen molar-refractivity contribution in [3.63, 3.8) is 0 Å². The van der Waals surface area contributed by atoms with E-state index in [9.17, 15) is 9.90 Å². The molecule has 128 valence electrons. The van der Waals surface area contributed by atoms with Gasteiger partial charge in [-0.25, -0.2) is 0 Å². The van der Waals surface area contributed by atoms with Crippen LogP contribution in [0.2, 0.25) is 5.02 Å². The van der Waals surface area contributed by atoms with Crippen LogP contribution >= 0.6 is 11.6 Å². The summed E-state index contributed by atoms with van der Waals surface area (Å²) in [6.45, 7) is 4.96. The van der Waals surface area contributed by atoms with Crippen LogP contribution in [0, 0.1) is 6.92 Å². The number of phenols is 1. The van der Waals surface area contributed by atoms with Gasteiger partial charge in [-0.15, -0.1) is 0 Å². The van der Waals surface area contributed by atoms with Crippen molar-refractivity contribution >= 4 is 17.5 Å². The van der Waals surface area contributed by atoms with Crippen molar-refractivity contribution in [2.45, 2.75) is 26.7 Å². The third-order valence-corrected chi connectivity index (χ3v) is 3.93. The maximum Gasteiger partial charge on any atom is 0.251 e. The topological polar surface area (TPSA) is 58.6 Å². The minimum Gasteiger partial charge on any atom is -0.508 e. The lowest BCUT2D eigenvalue weighted by molar-refractivity contribution is 0.0951. The van der Waals surface area contributed by atoms with Gasteiger partial charge in [0.2, 0.25) is 0 Å². The van der Waals surface area contributed by atoms with E-state index in [4.69, 9.17) is 16.3 Å². The highest BCUT2D eigenvalue weighted by atomic mass is 35.5. The fraction of sp³-hybridized carbons (Fsp3) is 0.316. The van der Waals surface area contributed by atoms with Crippen LogP contribution in [0.25, 0.3) is 0 Å². The molecular formula is C19H22ClNO3. The number of ether oxygens (including phenoxy) is 1. The largest absolute Gasteiger partial charge is 0.508 e. The van der Waals surface area contributed by atoms with Gasteiger partial charge >= 0.3 is 0 Å². The third-order valence-electron chi connectivity index (χ3n) is 3.68. The number of rotatable bonds is 7. The highest BCUT2D eigenvalue weighted by molar-refractivity contribution is 6.30. The smallest absolute Gasteiger partial charge is 0.251 e. The summed E-state index contributed by atoms with van der Waals surface area (Å²) in [4.78, 5) is 12.0. The highest BCUT2D eigenvalue weighted by Gasteiger charge is 2.09. The zero-order chi connectivity index (χ0) is 17.5. The number of carbonyl (C=O) groups is 1. The summed E-state index contributed by atoms with van der Waals surface area (Å²) in [5, 5.41) is 13.1. The molecule has 24 heavy (non-hydrogen) atoms. The second kappa shape index (κ2) is 8.60. The SMILES string of the molecule is CCc1cc(O)cc(C)c1OCCCNC(=O)c1ccc(Cl)cc1. The van der Waals surface area contributed by atoms with Crippen molar-refractivity contribution in [3.05, 3.63) is 58.1 Å². The molecule has 0 aliphatic carbocycles. The van der Waals surface area contributed by atoms with Crippen molar-refractivity contribution in [2.24, 2.45) is 0 Å². The second-order valence-electron chi connectivity index (χ2n) is 5.57. The first kappa shape index (κ1) is 18.1. The predicted molar refractivity (Wildman–Crippen MR) is 96.1 cm³/mol. The maximum atomic E-state index is 12.0. The van der Waals surface area contributed by atoms with Gasteiger partial charge in [-0.1, -0.05) is 18.5 Å². The lowest BCUT2D eigenvalue weighted by Crippen LogP contribution is -2.25. The number of carbonyl (C=O) groups excluding carboxylic acids is 1. The predicted octanol–water partition coefficient (Wildman–Crippen LogP) is 4.12. The van der Waals surface area contributed by atoms with E-state index in [-0.39, 0.29) is 11.7 Å². The first-order chi connectivity index (χ1) is 11.5. The molecule has 0 bridgehead atoms. The number of benzene rings is 2. The monoisotopic (exact) mass is 347 g/mol. The Bertz CT molecular complexity index is 699. The van der Waals surface area contributed by atoms with Gasteiger partial charge in [0.15, 0.2) is 0 Å². The van der Waals surface area contributed by atoms with Gasteiger partial charge in [0, 0.05) is 17.1 Å². The Hall–Kier alpha value is -2.20. The Morgan fingerprint density at radius 1 is 1.25 bits per heavy atom. The normalized spacial score (nSPS) is 10.5. The summed E-state index contributed by atoms with van der Waals surface area (Å²) >= 11 is 5.80. The summed E-state index contributed by atoms with van der Waals surface area (Å²) in [6.07, 6.45) is 1.49. The summed E-state index contributed by atoms with van der Waals surface area (Å²) < 4.78 is 5.84. The molecule has 0 saturated heterocycles. The molecule has 0 spiro atoms. The number of amides is 1. The number of hydrogen-bond donors (Lipinski definition) is 2. The van der Waals surface area contributed by atoms with E-state index in [1.54, 1.807) is 36.4 Å². The number of aromatic hydroxyl groups is 1. The third kappa shape index (κ3) is 4.90. The van der Waals surface area contributed by atoms with Crippen LogP contribution in [0.3, 0.4) is 0 Å². The minimum atomic E-state index is -0.123. The first-order valence-corrected chi connectivity index (χ1v) is 8.38. The summed E-state index contributed by atoms with van der Waals surface area (Å²) in [5.74, 6) is 0.952. The molecule has 4 nitrogen and oxygen atoms in total. The molecule has 2 rings (SSSR count). The zero-order valence-corrected chi connectivity index (χ0v) is 14.7. The molecule has 0 unspecified atom stereocenters. The van der Waals surface area contributed by atoms with E-state index >= 15 is 0 Å². The molecule has 2 aromatic carbocycles. The van der Waals surface area contributed by atoms with E-state index in [1.807, 2.05) is 13.8 Å². The fourth-order valence-corrected chi connectivity index (χ4v) is 2.57. The van der Waals surface area contributed by atoms with Gasteiger partial charge in [0.05, 0.1) is 6.61 Å². The summed E-state index contributed by atoms with van der Waals surface area (Å²) in [5.41, 5.74) is 2.48. The van der Waals surface area contributed by atoms with Gasteiger partial charge in [-0.3, -0.25) is 4.79 Å². The summed E-state index contributed by atoms with van der Waals surface area (Å²) in [7, 11) is 0. The number of aryl methyl sites for hydroxylation is 2. The second-order valence-corrected chi connectivity index (χ2v) is 6.01. The molecule has 1 amide bonds. The number of phenolic OH excluding ortho intramolecular Hbond substituents is 1. The number of nitrogens with one attached hydrogen (secondary N) is 1. The molecule has 2 N–H and O–H groups in total. The van der Waals surface area contributed by atoms with Crippen LogP contribution in [0.1, 0.15) is 34.8 Å². The molecule has 0 aliphatic heterocycles. The molecular weight excluding hydrogens is 326 g/mol. The standard InChI is InChI=1S/C19H22ClNO3/c1-3-14-12-17(22)11-13(2)18(14)24-10-4-9-21-19(23)15-5-7-16(20)8-6-15/h5-8,11-12,22H,3-4,9-10H2,1-2H3,(H,21,23). The van der Waals surface area contributed by atoms with Gasteiger partial charge in [0.25, 0.3) is 5.91 Å². The van der Waals surface area contributed by atoms with Gasteiger partial charge in [-0.2, -0.15) is 0 Å². The van der Waals surface area contributed by atoms with Crippen molar-refractivity contribution in [1.82, 2.24) is 5.32 Å². The minimum absolute atomic E-state index is 0.123. The van der Waals surface area contributed by atoms with Crippen molar-refractivity contribution < 1.29 is 14.6 Å². The van der Waals surface area contributed by atoms with Crippen LogP contribution in [-0.4, -0.2) is 24.2 Å². The molecule has 0 saturated carbocycles. The van der Waals surface area contributed by atoms with Crippen LogP contribution in [-0.2, 0) is 6.42 Å². The Kier molecular flexibility index (Phi) is 6.50. The van der Waals surface area contributed by atoms with Crippen LogP contribution < -0.4 is 10.1 Å². The number of hydrogen-bond acceptors (Lipinski definition) is 3. The molecule has 0 radical (unpaired) electrons. The Balaban J connectivity index is 1.79. The molecule has 0 atom stereocenters. The molecule has 2 aromatic rings. The van der Waals surface area contributed by atoms with E-state index in [0.717, 1.165) is 23.3 Å². The Labute approximate surface area is 147 Å². The Morgan fingerprint density at radius 3 is 2.62 bits per heavy atom. The quantitative estimate of drug-likeness (QED) is 0.741. The number of halogens is 1. The lowest BCUT2D eigenvalue weighted by atomic mass is 10.1. The van der Waals surface area contributed by atoms with Crippen molar-refractivity contribution in [3.8, 4) is 11.5 Å². The van der Waals surface area contributed by atoms with E-state index in [0.29, 0.717) is 30.2 Å². The van der Waals surface area contributed by atoms with Gasteiger partial charge in [0.1, 0.15) is 11.5 Å².